The van der Waals surface area contributed by atoms with Gasteiger partial charge in [-0.15, -0.1) is 0 Å². The van der Waals surface area contributed by atoms with Crippen LogP contribution in [0.2, 0.25) is 0 Å². The summed E-state index contributed by atoms with van der Waals surface area (Å²) in [6.45, 7) is 0.480. The van der Waals surface area contributed by atoms with E-state index in [0.29, 0.717) is 17.9 Å². The number of benzene rings is 3. The molecular weight excluding hydrogens is 350 g/mol. The van der Waals surface area contributed by atoms with E-state index in [1.165, 1.54) is 7.11 Å². The average molecular weight is 369 g/mol. The number of nitrogens with zero attached hydrogens (tertiary/aromatic N) is 1. The molecule has 0 saturated carbocycles. The number of methoxy groups -OCH3 is 1. The van der Waals surface area contributed by atoms with Gasteiger partial charge in [-0.3, -0.25) is 4.79 Å². The van der Waals surface area contributed by atoms with Crippen molar-refractivity contribution in [1.82, 2.24) is 0 Å². The lowest BCUT2D eigenvalue weighted by molar-refractivity contribution is 0.103. The number of rotatable bonds is 7. The number of hydrogen-bond donors (Lipinski definition) is 0. The maximum absolute atomic E-state index is 12.6. The smallest absolute Gasteiger partial charge is 0.203 e. The summed E-state index contributed by atoms with van der Waals surface area (Å²) in [4.78, 5) is 12.6. The van der Waals surface area contributed by atoms with E-state index in [9.17, 15) is 10.1 Å². The van der Waals surface area contributed by atoms with Crippen LogP contribution in [0.3, 0.4) is 0 Å². The van der Waals surface area contributed by atoms with E-state index in [4.69, 9.17) is 9.47 Å². The minimum absolute atomic E-state index is 0.0613. The fourth-order valence-electron chi connectivity index (χ4n) is 2.64. The SMILES string of the molecule is COc1cccc(C(=O)/C(C#N)=C/c2ccc(OCc3ccccc3)cc2)c1. The third-order valence-electron chi connectivity index (χ3n) is 4.14. The number of ketones is 1. The summed E-state index contributed by atoms with van der Waals surface area (Å²) in [5.74, 6) is 0.951. The molecule has 0 spiro atoms. The van der Waals surface area contributed by atoms with E-state index in [2.05, 4.69) is 0 Å². The van der Waals surface area contributed by atoms with Gasteiger partial charge in [-0.2, -0.15) is 5.26 Å². The second-order valence-electron chi connectivity index (χ2n) is 6.07. The highest BCUT2D eigenvalue weighted by Crippen LogP contribution is 2.19. The average Bonchev–Trinajstić information content (AvgIpc) is 2.77. The second kappa shape index (κ2) is 9.20. The first-order valence-electron chi connectivity index (χ1n) is 8.77. The van der Waals surface area contributed by atoms with Crippen LogP contribution in [0.15, 0.2) is 84.4 Å². The highest BCUT2D eigenvalue weighted by molar-refractivity contribution is 6.14. The Bertz CT molecular complexity index is 1020. The number of allylic oxidation sites excluding steroid dienone is 1. The quantitative estimate of drug-likeness (QED) is 0.332. The van der Waals surface area contributed by atoms with Crippen molar-refractivity contribution in [2.75, 3.05) is 7.11 Å². The van der Waals surface area contributed by atoms with Crippen LogP contribution in [0.4, 0.5) is 0 Å². The zero-order valence-corrected chi connectivity index (χ0v) is 15.5. The Morgan fingerprint density at radius 3 is 2.39 bits per heavy atom. The third-order valence-corrected chi connectivity index (χ3v) is 4.14. The van der Waals surface area contributed by atoms with Crippen molar-refractivity contribution in [1.29, 1.82) is 5.26 Å². The normalized spacial score (nSPS) is 10.8. The Balaban J connectivity index is 1.72. The second-order valence-corrected chi connectivity index (χ2v) is 6.07. The minimum atomic E-state index is -0.342. The number of ether oxygens (including phenoxy) is 2. The first-order valence-corrected chi connectivity index (χ1v) is 8.77. The van der Waals surface area contributed by atoms with Gasteiger partial charge in [0.2, 0.25) is 5.78 Å². The first kappa shape index (κ1) is 18.9. The van der Waals surface area contributed by atoms with Gasteiger partial charge >= 0.3 is 0 Å². The molecule has 0 heterocycles. The lowest BCUT2D eigenvalue weighted by Gasteiger charge is -2.07. The topological polar surface area (TPSA) is 59.3 Å². The summed E-state index contributed by atoms with van der Waals surface area (Å²) < 4.78 is 10.9. The van der Waals surface area contributed by atoms with Crippen LogP contribution in [0, 0.1) is 11.3 Å². The van der Waals surface area contributed by atoms with Crippen LogP contribution in [-0.4, -0.2) is 12.9 Å². The summed E-state index contributed by atoms with van der Waals surface area (Å²) in [6.07, 6.45) is 1.57. The van der Waals surface area contributed by atoms with E-state index in [-0.39, 0.29) is 11.4 Å². The lowest BCUT2D eigenvalue weighted by atomic mass is 10.0. The predicted molar refractivity (Wildman–Crippen MR) is 108 cm³/mol. The molecule has 4 nitrogen and oxygen atoms in total. The standard InChI is InChI=1S/C24H19NO3/c1-27-23-9-5-8-20(15-23)24(26)21(16-25)14-18-10-12-22(13-11-18)28-17-19-6-3-2-4-7-19/h2-15H,17H2,1H3/b21-14+. The molecule has 4 heteroatoms. The fraction of sp³-hybridized carbons (Fsp3) is 0.0833. The maximum Gasteiger partial charge on any atom is 0.203 e. The fourth-order valence-corrected chi connectivity index (χ4v) is 2.64. The largest absolute Gasteiger partial charge is 0.497 e. The summed E-state index contributed by atoms with van der Waals surface area (Å²) in [6, 6.07) is 25.9. The minimum Gasteiger partial charge on any atom is -0.497 e. The van der Waals surface area contributed by atoms with Crippen molar-refractivity contribution in [3.8, 4) is 17.6 Å². The van der Waals surface area contributed by atoms with Crippen LogP contribution in [0.1, 0.15) is 21.5 Å². The number of carbonyl (C=O) groups excluding carboxylic acids is 1. The molecule has 3 aromatic carbocycles. The van der Waals surface area contributed by atoms with Crippen molar-refractivity contribution in [3.05, 3.63) is 101 Å². The molecule has 0 aliphatic carbocycles. The van der Waals surface area contributed by atoms with E-state index in [0.717, 1.165) is 16.9 Å². The molecule has 0 radical (unpaired) electrons. The van der Waals surface area contributed by atoms with Crippen LogP contribution in [0.25, 0.3) is 6.08 Å². The van der Waals surface area contributed by atoms with E-state index < -0.39 is 0 Å². The molecule has 0 aliphatic rings. The zero-order chi connectivity index (χ0) is 19.8. The predicted octanol–water partition coefficient (Wildman–Crippen LogP) is 5.06. The van der Waals surface area contributed by atoms with E-state index in [1.807, 2.05) is 60.7 Å². The Kier molecular flexibility index (Phi) is 6.22. The molecule has 0 unspecified atom stereocenters. The molecule has 3 aromatic rings. The highest BCUT2D eigenvalue weighted by Gasteiger charge is 2.13. The molecule has 0 aromatic heterocycles. The molecule has 0 atom stereocenters. The van der Waals surface area contributed by atoms with Crippen LogP contribution in [0.5, 0.6) is 11.5 Å². The van der Waals surface area contributed by atoms with Crippen molar-refractivity contribution in [2.24, 2.45) is 0 Å². The van der Waals surface area contributed by atoms with Crippen LogP contribution in [-0.2, 0) is 6.61 Å². The molecule has 0 fully saturated rings. The van der Waals surface area contributed by atoms with Gasteiger partial charge in [0.1, 0.15) is 29.7 Å². The van der Waals surface area contributed by atoms with Gasteiger partial charge in [-0.05, 0) is 41.5 Å². The van der Waals surface area contributed by atoms with Crippen molar-refractivity contribution in [2.45, 2.75) is 6.61 Å². The molecule has 0 saturated heterocycles. The highest BCUT2D eigenvalue weighted by atomic mass is 16.5. The molecule has 0 amide bonds. The molecule has 138 valence electrons. The van der Waals surface area contributed by atoms with Gasteiger partial charge in [-0.25, -0.2) is 0 Å². The Morgan fingerprint density at radius 2 is 1.71 bits per heavy atom. The summed E-state index contributed by atoms with van der Waals surface area (Å²) in [5, 5.41) is 9.42. The van der Waals surface area contributed by atoms with E-state index in [1.54, 1.807) is 30.3 Å². The molecular formula is C24H19NO3. The van der Waals surface area contributed by atoms with Gasteiger partial charge in [0.25, 0.3) is 0 Å². The molecule has 0 bridgehead atoms. The third kappa shape index (κ3) is 4.87. The van der Waals surface area contributed by atoms with Crippen LogP contribution < -0.4 is 9.47 Å². The van der Waals surface area contributed by atoms with E-state index >= 15 is 0 Å². The Labute approximate surface area is 164 Å². The van der Waals surface area contributed by atoms with Crippen molar-refractivity contribution in [3.63, 3.8) is 0 Å². The monoisotopic (exact) mass is 369 g/mol. The molecule has 0 aliphatic heterocycles. The maximum atomic E-state index is 12.6. The summed E-state index contributed by atoms with van der Waals surface area (Å²) in [7, 11) is 1.53. The number of carbonyl (C=O) groups is 1. The number of nitriles is 1. The van der Waals surface area contributed by atoms with Gasteiger partial charge in [0.05, 0.1) is 7.11 Å². The van der Waals surface area contributed by atoms with Gasteiger partial charge < -0.3 is 9.47 Å². The summed E-state index contributed by atoms with van der Waals surface area (Å²) in [5.41, 5.74) is 2.31. The molecule has 3 rings (SSSR count). The van der Waals surface area contributed by atoms with Gasteiger partial charge in [0.15, 0.2) is 0 Å². The first-order chi connectivity index (χ1) is 13.7. The molecule has 28 heavy (non-hydrogen) atoms. The Morgan fingerprint density at radius 1 is 0.964 bits per heavy atom. The van der Waals surface area contributed by atoms with Crippen molar-refractivity contribution < 1.29 is 14.3 Å². The van der Waals surface area contributed by atoms with Crippen LogP contribution >= 0.6 is 0 Å². The Hall–Kier alpha value is -3.84. The summed E-state index contributed by atoms with van der Waals surface area (Å²) >= 11 is 0. The lowest BCUT2D eigenvalue weighted by Crippen LogP contribution is -2.02. The molecule has 0 N–H and O–H groups in total. The number of Topliss-reactive ketones (excluding diaryl/α,β-unsaturated/α-hetero) is 1. The van der Waals surface area contributed by atoms with Gasteiger partial charge in [0, 0.05) is 5.56 Å². The number of hydrogen-bond acceptors (Lipinski definition) is 4. The van der Waals surface area contributed by atoms with Crippen molar-refractivity contribution >= 4 is 11.9 Å². The van der Waals surface area contributed by atoms with Gasteiger partial charge in [-0.1, -0.05) is 54.6 Å². The zero-order valence-electron chi connectivity index (χ0n) is 15.5.